The summed E-state index contributed by atoms with van der Waals surface area (Å²) < 4.78 is 0. The van der Waals surface area contributed by atoms with E-state index in [-0.39, 0.29) is 49.2 Å². The molecule has 1 aromatic carbocycles. The minimum absolute atomic E-state index is 0. The third-order valence-electron chi connectivity index (χ3n) is 6.52. The van der Waals surface area contributed by atoms with Crippen LogP contribution in [-0.2, 0) is 4.79 Å². The Kier molecular flexibility index (Phi) is 10.5. The summed E-state index contributed by atoms with van der Waals surface area (Å²) in [7, 11) is 0. The lowest BCUT2D eigenvalue weighted by molar-refractivity contribution is -0.124. The smallest absolute Gasteiger partial charge is 0.223 e. The molecule has 3 fully saturated rings. The molecular formula is C21H35Cl3N4O. The number of nitrogens with zero attached hydrogens (tertiary/aromatic N) is 2. The van der Waals surface area contributed by atoms with E-state index in [0.29, 0.717) is 11.3 Å². The molecule has 2 heterocycles. The van der Waals surface area contributed by atoms with Crippen LogP contribution < -0.4 is 15.5 Å². The highest BCUT2D eigenvalue weighted by Gasteiger charge is 2.57. The Labute approximate surface area is 193 Å². The van der Waals surface area contributed by atoms with Crippen LogP contribution in [0.1, 0.15) is 26.2 Å². The number of para-hydroxylation sites is 1. The molecule has 1 amide bonds. The summed E-state index contributed by atoms with van der Waals surface area (Å²) in [6, 6.07) is 10.9. The first kappa shape index (κ1) is 26.3. The van der Waals surface area contributed by atoms with Gasteiger partial charge in [0.15, 0.2) is 0 Å². The van der Waals surface area contributed by atoms with E-state index in [1.807, 2.05) is 0 Å². The number of halogens is 3. The molecule has 4 rings (SSSR count). The van der Waals surface area contributed by atoms with Gasteiger partial charge in [0, 0.05) is 50.4 Å². The van der Waals surface area contributed by atoms with Crippen LogP contribution in [0.15, 0.2) is 30.3 Å². The number of hydrogen-bond acceptors (Lipinski definition) is 4. The number of piperidine rings is 1. The second-order valence-electron chi connectivity index (χ2n) is 8.40. The van der Waals surface area contributed by atoms with E-state index < -0.39 is 0 Å². The number of rotatable bonds is 5. The van der Waals surface area contributed by atoms with Crippen molar-refractivity contribution in [3.8, 4) is 0 Å². The van der Waals surface area contributed by atoms with Crippen molar-refractivity contribution in [2.45, 2.75) is 32.2 Å². The monoisotopic (exact) mass is 464 g/mol. The number of carbonyl (C=O) groups excluding carboxylic acids is 1. The Bertz CT molecular complexity index is 620. The molecular weight excluding hydrogens is 431 g/mol. The van der Waals surface area contributed by atoms with Crippen LogP contribution in [-0.4, -0.2) is 62.7 Å². The van der Waals surface area contributed by atoms with Gasteiger partial charge in [0.2, 0.25) is 5.91 Å². The molecule has 1 aromatic rings. The van der Waals surface area contributed by atoms with Crippen molar-refractivity contribution < 1.29 is 4.79 Å². The molecule has 1 spiro atoms. The molecule has 29 heavy (non-hydrogen) atoms. The third kappa shape index (κ3) is 6.38. The molecule has 5 nitrogen and oxygen atoms in total. The van der Waals surface area contributed by atoms with E-state index in [2.05, 4.69) is 57.7 Å². The number of piperazine rings is 1. The van der Waals surface area contributed by atoms with Crippen molar-refractivity contribution in [3.63, 3.8) is 0 Å². The van der Waals surface area contributed by atoms with Gasteiger partial charge in [-0.05, 0) is 56.8 Å². The lowest BCUT2D eigenvalue weighted by Crippen LogP contribution is -2.51. The SMILES string of the molecule is CC(CN1CCN(c2ccccc2)CC1)NC(=O)C1CC12CCNCC2.Cl.Cl.Cl. The standard InChI is InChI=1S/C21H32N4O.3ClH/c1-17(23-20(26)19-15-21(19)7-9-22-10-8-21)16-24-11-13-25(14-12-24)18-5-3-2-4-6-18;;;/h2-6,17,19,22H,7-16H2,1H3,(H,23,26);3*1H. The first-order valence-electron chi connectivity index (χ1n) is 10.2. The van der Waals surface area contributed by atoms with E-state index in [0.717, 1.165) is 52.2 Å². The molecule has 1 aliphatic carbocycles. The lowest BCUT2D eigenvalue weighted by atomic mass is 9.91. The Balaban J connectivity index is 0.00000140. The molecule has 2 saturated heterocycles. The van der Waals surface area contributed by atoms with Gasteiger partial charge in [-0.25, -0.2) is 0 Å². The Hall–Kier alpha value is -0.720. The zero-order valence-electron chi connectivity index (χ0n) is 17.1. The molecule has 2 aliphatic heterocycles. The van der Waals surface area contributed by atoms with Gasteiger partial charge in [0.25, 0.3) is 0 Å². The van der Waals surface area contributed by atoms with Gasteiger partial charge >= 0.3 is 0 Å². The molecule has 3 aliphatic rings. The van der Waals surface area contributed by atoms with Crippen LogP contribution >= 0.6 is 37.2 Å². The van der Waals surface area contributed by atoms with Crippen molar-refractivity contribution in [2.24, 2.45) is 11.3 Å². The second-order valence-corrected chi connectivity index (χ2v) is 8.40. The normalized spacial score (nSPS) is 23.8. The third-order valence-corrected chi connectivity index (χ3v) is 6.52. The first-order valence-corrected chi connectivity index (χ1v) is 10.2. The van der Waals surface area contributed by atoms with Gasteiger partial charge in [0.05, 0.1) is 0 Å². The fraction of sp³-hybridized carbons (Fsp3) is 0.667. The van der Waals surface area contributed by atoms with Gasteiger partial charge in [-0.3, -0.25) is 9.69 Å². The fourth-order valence-corrected chi connectivity index (χ4v) is 4.80. The largest absolute Gasteiger partial charge is 0.369 e. The summed E-state index contributed by atoms with van der Waals surface area (Å²) in [6.45, 7) is 9.50. The van der Waals surface area contributed by atoms with E-state index >= 15 is 0 Å². The van der Waals surface area contributed by atoms with Crippen molar-refractivity contribution in [2.75, 3.05) is 50.7 Å². The molecule has 2 atom stereocenters. The topological polar surface area (TPSA) is 47.6 Å². The first-order chi connectivity index (χ1) is 12.7. The highest BCUT2D eigenvalue weighted by Crippen LogP contribution is 2.58. The Morgan fingerprint density at radius 3 is 2.34 bits per heavy atom. The summed E-state index contributed by atoms with van der Waals surface area (Å²) >= 11 is 0. The van der Waals surface area contributed by atoms with Crippen LogP contribution in [0.2, 0.25) is 0 Å². The van der Waals surface area contributed by atoms with E-state index in [9.17, 15) is 4.79 Å². The maximum atomic E-state index is 12.6. The summed E-state index contributed by atoms with van der Waals surface area (Å²) in [4.78, 5) is 17.5. The molecule has 0 bridgehead atoms. The molecule has 1 saturated carbocycles. The van der Waals surface area contributed by atoms with Gasteiger partial charge in [-0.2, -0.15) is 0 Å². The van der Waals surface area contributed by atoms with Gasteiger partial charge < -0.3 is 15.5 Å². The highest BCUT2D eigenvalue weighted by atomic mass is 35.5. The number of benzene rings is 1. The fourth-order valence-electron chi connectivity index (χ4n) is 4.80. The van der Waals surface area contributed by atoms with Crippen LogP contribution in [0.4, 0.5) is 5.69 Å². The predicted molar refractivity (Wildman–Crippen MR) is 127 cm³/mol. The average molecular weight is 466 g/mol. The number of carbonyl (C=O) groups is 1. The predicted octanol–water partition coefficient (Wildman–Crippen LogP) is 2.97. The minimum atomic E-state index is 0. The van der Waals surface area contributed by atoms with Crippen LogP contribution in [0, 0.1) is 11.3 Å². The van der Waals surface area contributed by atoms with Crippen molar-refractivity contribution in [1.29, 1.82) is 0 Å². The summed E-state index contributed by atoms with van der Waals surface area (Å²) in [5.74, 6) is 0.560. The minimum Gasteiger partial charge on any atom is -0.369 e. The van der Waals surface area contributed by atoms with Crippen molar-refractivity contribution >= 4 is 48.8 Å². The van der Waals surface area contributed by atoms with E-state index in [1.165, 1.54) is 18.5 Å². The molecule has 8 heteroatoms. The molecule has 2 N–H and O–H groups in total. The summed E-state index contributed by atoms with van der Waals surface area (Å²) in [6.07, 6.45) is 3.44. The van der Waals surface area contributed by atoms with Gasteiger partial charge in [-0.1, -0.05) is 18.2 Å². The zero-order chi connectivity index (χ0) is 18.0. The average Bonchev–Trinajstić information content (AvgIpc) is 3.36. The summed E-state index contributed by atoms with van der Waals surface area (Å²) in [5.41, 5.74) is 1.64. The van der Waals surface area contributed by atoms with Gasteiger partial charge in [0.1, 0.15) is 0 Å². The molecule has 0 radical (unpaired) electrons. The van der Waals surface area contributed by atoms with Crippen molar-refractivity contribution in [3.05, 3.63) is 30.3 Å². The number of amides is 1. The van der Waals surface area contributed by atoms with E-state index in [4.69, 9.17) is 0 Å². The molecule has 0 aromatic heterocycles. The van der Waals surface area contributed by atoms with Crippen LogP contribution in [0.25, 0.3) is 0 Å². The maximum absolute atomic E-state index is 12.6. The maximum Gasteiger partial charge on any atom is 0.223 e. The highest BCUT2D eigenvalue weighted by molar-refractivity contribution is 5.86. The van der Waals surface area contributed by atoms with E-state index in [1.54, 1.807) is 0 Å². The number of anilines is 1. The van der Waals surface area contributed by atoms with Crippen LogP contribution in [0.3, 0.4) is 0 Å². The number of nitrogens with one attached hydrogen (secondary N) is 2. The van der Waals surface area contributed by atoms with Gasteiger partial charge in [-0.15, -0.1) is 37.2 Å². The quantitative estimate of drug-likeness (QED) is 0.702. The zero-order valence-corrected chi connectivity index (χ0v) is 19.6. The van der Waals surface area contributed by atoms with Crippen LogP contribution in [0.5, 0.6) is 0 Å². The van der Waals surface area contributed by atoms with Crippen molar-refractivity contribution in [1.82, 2.24) is 15.5 Å². The summed E-state index contributed by atoms with van der Waals surface area (Å²) in [5, 5.41) is 6.70. The second kappa shape index (κ2) is 11.6. The Morgan fingerprint density at radius 2 is 1.72 bits per heavy atom. The Morgan fingerprint density at radius 1 is 1.10 bits per heavy atom. The lowest BCUT2D eigenvalue weighted by Gasteiger charge is -2.37. The molecule has 2 unspecified atom stereocenters. The number of hydrogen-bond donors (Lipinski definition) is 2. The molecule has 166 valence electrons.